The van der Waals surface area contributed by atoms with Gasteiger partial charge >= 0.3 is 0 Å². The highest BCUT2D eigenvalue weighted by atomic mass is 32.1. The average molecular weight is 303 g/mol. The Bertz CT molecular complexity index is 744. The largest absolute Gasteiger partial charge is 0.497 e. The minimum atomic E-state index is 0.402. The first kappa shape index (κ1) is 13.4. The second-order valence-corrected chi connectivity index (χ2v) is 5.15. The van der Waals surface area contributed by atoms with Crippen LogP contribution in [0.3, 0.4) is 0 Å². The quantitative estimate of drug-likeness (QED) is 0.797. The van der Waals surface area contributed by atoms with Crippen LogP contribution in [-0.2, 0) is 0 Å². The van der Waals surface area contributed by atoms with Crippen molar-refractivity contribution >= 4 is 17.0 Å². The summed E-state index contributed by atoms with van der Waals surface area (Å²) in [6, 6.07) is 7.21. The smallest absolute Gasteiger partial charge is 0.270 e. The fraction of sp³-hybridized carbons (Fsp3) is 0.143. The molecule has 0 aliphatic rings. The van der Waals surface area contributed by atoms with Gasteiger partial charge in [-0.3, -0.25) is 0 Å². The molecule has 0 aliphatic heterocycles. The molecule has 108 valence electrons. The van der Waals surface area contributed by atoms with E-state index < -0.39 is 0 Å². The number of rotatable bonds is 4. The molecular weight excluding hydrogens is 290 g/mol. The SMILES string of the molecule is COc1cc(OC)cc(-c2noc(-c3sccc3N)n2)c1. The molecule has 0 aliphatic carbocycles. The molecule has 0 saturated carbocycles. The topological polar surface area (TPSA) is 83.4 Å². The van der Waals surface area contributed by atoms with Gasteiger partial charge < -0.3 is 19.7 Å². The van der Waals surface area contributed by atoms with E-state index in [-0.39, 0.29) is 0 Å². The molecule has 0 spiro atoms. The Hall–Kier alpha value is -2.54. The summed E-state index contributed by atoms with van der Waals surface area (Å²) in [6.45, 7) is 0. The van der Waals surface area contributed by atoms with E-state index in [0.29, 0.717) is 28.9 Å². The molecule has 21 heavy (non-hydrogen) atoms. The van der Waals surface area contributed by atoms with Crippen molar-refractivity contribution in [1.82, 2.24) is 10.1 Å². The van der Waals surface area contributed by atoms with Crippen LogP contribution in [0.25, 0.3) is 22.2 Å². The monoisotopic (exact) mass is 303 g/mol. The Morgan fingerprint density at radius 2 is 1.86 bits per heavy atom. The summed E-state index contributed by atoms with van der Waals surface area (Å²) in [5.74, 6) is 2.17. The number of methoxy groups -OCH3 is 2. The Morgan fingerprint density at radius 3 is 2.43 bits per heavy atom. The number of benzene rings is 1. The van der Waals surface area contributed by atoms with E-state index in [1.165, 1.54) is 11.3 Å². The molecule has 3 rings (SSSR count). The molecule has 7 heteroatoms. The lowest BCUT2D eigenvalue weighted by atomic mass is 10.2. The number of ether oxygens (including phenoxy) is 2. The molecule has 6 nitrogen and oxygen atoms in total. The molecule has 0 atom stereocenters. The van der Waals surface area contributed by atoms with Gasteiger partial charge in [0, 0.05) is 11.6 Å². The van der Waals surface area contributed by atoms with Crippen LogP contribution >= 0.6 is 11.3 Å². The Morgan fingerprint density at radius 1 is 1.14 bits per heavy atom. The van der Waals surface area contributed by atoms with Crippen molar-refractivity contribution in [3.8, 4) is 33.7 Å². The third-order valence-corrected chi connectivity index (χ3v) is 3.84. The zero-order valence-corrected chi connectivity index (χ0v) is 12.3. The number of hydrogen-bond donors (Lipinski definition) is 1. The summed E-state index contributed by atoms with van der Waals surface area (Å²) in [6.07, 6.45) is 0. The van der Waals surface area contributed by atoms with Crippen molar-refractivity contribution in [2.75, 3.05) is 20.0 Å². The maximum atomic E-state index is 5.85. The van der Waals surface area contributed by atoms with Gasteiger partial charge in [0.05, 0.1) is 19.9 Å². The molecule has 1 aromatic carbocycles. The normalized spacial score (nSPS) is 10.6. The van der Waals surface area contributed by atoms with E-state index in [4.69, 9.17) is 19.7 Å². The fourth-order valence-electron chi connectivity index (χ4n) is 1.86. The van der Waals surface area contributed by atoms with Gasteiger partial charge in [-0.2, -0.15) is 4.98 Å². The lowest BCUT2D eigenvalue weighted by Gasteiger charge is -2.05. The van der Waals surface area contributed by atoms with Crippen molar-refractivity contribution in [1.29, 1.82) is 0 Å². The zero-order chi connectivity index (χ0) is 14.8. The Balaban J connectivity index is 2.02. The third kappa shape index (κ3) is 2.55. The minimum Gasteiger partial charge on any atom is -0.497 e. The molecule has 2 aromatic heterocycles. The van der Waals surface area contributed by atoms with Gasteiger partial charge in [-0.15, -0.1) is 11.3 Å². The van der Waals surface area contributed by atoms with Crippen molar-refractivity contribution in [2.45, 2.75) is 0 Å². The molecule has 2 heterocycles. The maximum Gasteiger partial charge on any atom is 0.270 e. The number of nitrogens with zero attached hydrogens (tertiary/aromatic N) is 2. The molecule has 0 fully saturated rings. The van der Waals surface area contributed by atoms with Gasteiger partial charge in [-0.25, -0.2) is 0 Å². The predicted molar refractivity (Wildman–Crippen MR) is 80.6 cm³/mol. The molecule has 0 bridgehead atoms. The van der Waals surface area contributed by atoms with E-state index in [1.807, 2.05) is 17.5 Å². The lowest BCUT2D eigenvalue weighted by molar-refractivity contribution is 0.394. The van der Waals surface area contributed by atoms with Gasteiger partial charge in [-0.1, -0.05) is 5.16 Å². The third-order valence-electron chi connectivity index (χ3n) is 2.93. The zero-order valence-electron chi connectivity index (χ0n) is 11.5. The van der Waals surface area contributed by atoms with Crippen LogP contribution in [0.15, 0.2) is 34.2 Å². The highest BCUT2D eigenvalue weighted by Gasteiger charge is 2.15. The van der Waals surface area contributed by atoms with Crippen LogP contribution in [0.4, 0.5) is 5.69 Å². The van der Waals surface area contributed by atoms with Crippen molar-refractivity contribution < 1.29 is 14.0 Å². The lowest BCUT2D eigenvalue weighted by Crippen LogP contribution is -1.90. The summed E-state index contributed by atoms with van der Waals surface area (Å²) < 4.78 is 15.7. The van der Waals surface area contributed by atoms with Gasteiger partial charge in [0.1, 0.15) is 16.4 Å². The predicted octanol–water partition coefficient (Wildman–Crippen LogP) is 3.06. The van der Waals surface area contributed by atoms with Crippen LogP contribution in [0, 0.1) is 0 Å². The standard InChI is InChI=1S/C14H13N3O3S/c1-18-9-5-8(6-10(7-9)19-2)13-16-14(20-17-13)12-11(15)3-4-21-12/h3-7H,15H2,1-2H3. The maximum absolute atomic E-state index is 5.85. The first-order chi connectivity index (χ1) is 10.2. The van der Waals surface area contributed by atoms with Crippen molar-refractivity contribution in [3.63, 3.8) is 0 Å². The van der Waals surface area contributed by atoms with E-state index in [1.54, 1.807) is 26.4 Å². The molecule has 3 aromatic rings. The Labute approximate surface area is 125 Å². The first-order valence-corrected chi connectivity index (χ1v) is 6.99. The minimum absolute atomic E-state index is 0.402. The van der Waals surface area contributed by atoms with Crippen LogP contribution in [0.5, 0.6) is 11.5 Å². The summed E-state index contributed by atoms with van der Waals surface area (Å²) >= 11 is 1.46. The van der Waals surface area contributed by atoms with Crippen LogP contribution < -0.4 is 15.2 Å². The highest BCUT2D eigenvalue weighted by Crippen LogP contribution is 2.33. The van der Waals surface area contributed by atoms with Crippen LogP contribution in [-0.4, -0.2) is 24.4 Å². The first-order valence-electron chi connectivity index (χ1n) is 6.11. The second-order valence-electron chi connectivity index (χ2n) is 4.23. The molecule has 2 N–H and O–H groups in total. The average Bonchev–Trinajstić information content (AvgIpc) is 3.15. The van der Waals surface area contributed by atoms with E-state index in [0.717, 1.165) is 10.4 Å². The number of aromatic nitrogens is 2. The Kier molecular flexibility index (Phi) is 3.49. The molecule has 0 unspecified atom stereocenters. The van der Waals surface area contributed by atoms with E-state index >= 15 is 0 Å². The van der Waals surface area contributed by atoms with Crippen LogP contribution in [0.2, 0.25) is 0 Å². The number of nitrogens with two attached hydrogens (primary N) is 1. The highest BCUT2D eigenvalue weighted by molar-refractivity contribution is 7.14. The number of anilines is 1. The van der Waals surface area contributed by atoms with Gasteiger partial charge in [0.2, 0.25) is 5.82 Å². The summed E-state index contributed by atoms with van der Waals surface area (Å²) in [5, 5.41) is 5.87. The molecule has 0 saturated heterocycles. The van der Waals surface area contributed by atoms with Gasteiger partial charge in [-0.05, 0) is 23.6 Å². The molecule has 0 amide bonds. The molecule has 0 radical (unpaired) electrons. The van der Waals surface area contributed by atoms with Crippen molar-refractivity contribution in [2.24, 2.45) is 0 Å². The fourth-order valence-corrected chi connectivity index (χ4v) is 2.60. The summed E-state index contributed by atoms with van der Waals surface area (Å²) in [7, 11) is 3.18. The van der Waals surface area contributed by atoms with Gasteiger partial charge in [0.15, 0.2) is 0 Å². The van der Waals surface area contributed by atoms with E-state index in [2.05, 4.69) is 10.1 Å². The number of thiophene rings is 1. The summed E-state index contributed by atoms with van der Waals surface area (Å²) in [5.41, 5.74) is 7.22. The van der Waals surface area contributed by atoms with E-state index in [9.17, 15) is 0 Å². The van der Waals surface area contributed by atoms with Gasteiger partial charge in [0.25, 0.3) is 5.89 Å². The molecular formula is C14H13N3O3S. The second kappa shape index (κ2) is 5.45. The van der Waals surface area contributed by atoms with Crippen LogP contribution in [0.1, 0.15) is 0 Å². The number of nitrogen functional groups attached to an aromatic ring is 1. The number of hydrogen-bond acceptors (Lipinski definition) is 7. The summed E-state index contributed by atoms with van der Waals surface area (Å²) in [4.78, 5) is 5.14. The van der Waals surface area contributed by atoms with Crippen molar-refractivity contribution in [3.05, 3.63) is 29.6 Å².